The van der Waals surface area contributed by atoms with E-state index >= 15 is 0 Å². The highest BCUT2D eigenvalue weighted by atomic mass is 35.5. The lowest BCUT2D eigenvalue weighted by molar-refractivity contribution is -0.131. The Kier molecular flexibility index (Phi) is 5.15. The predicted molar refractivity (Wildman–Crippen MR) is 105 cm³/mol. The van der Waals surface area contributed by atoms with Crippen molar-refractivity contribution in [2.75, 3.05) is 4.90 Å². The van der Waals surface area contributed by atoms with Crippen LogP contribution in [0.5, 0.6) is 0 Å². The minimum atomic E-state index is -2.82. The quantitative estimate of drug-likeness (QED) is 0.574. The van der Waals surface area contributed by atoms with Gasteiger partial charge in [-0.15, -0.1) is 0 Å². The summed E-state index contributed by atoms with van der Waals surface area (Å²) < 4.78 is 40.8. The van der Waals surface area contributed by atoms with E-state index in [1.54, 1.807) is 18.2 Å². The molecule has 1 atom stereocenters. The molecule has 0 aliphatic heterocycles. The van der Waals surface area contributed by atoms with Crippen molar-refractivity contribution >= 4 is 40.5 Å². The van der Waals surface area contributed by atoms with Gasteiger partial charge in [-0.2, -0.15) is 5.10 Å². The monoisotopic (exact) mass is 436 g/mol. The van der Waals surface area contributed by atoms with Crippen molar-refractivity contribution < 1.29 is 22.8 Å². The van der Waals surface area contributed by atoms with E-state index in [4.69, 9.17) is 11.6 Å². The van der Waals surface area contributed by atoms with Crippen LogP contribution >= 0.6 is 11.6 Å². The number of nitrogens with one attached hydrogen (secondary N) is 2. The Bertz CT molecular complexity index is 1110. The number of halogens is 4. The number of fused-ring (bicyclic) bond motifs is 1. The molecule has 3 aromatic rings. The van der Waals surface area contributed by atoms with Crippen molar-refractivity contribution in [2.24, 2.45) is 0 Å². The minimum absolute atomic E-state index is 0.0930. The third-order valence-corrected chi connectivity index (χ3v) is 5.40. The Morgan fingerprint density at radius 3 is 2.73 bits per heavy atom. The van der Waals surface area contributed by atoms with Crippen molar-refractivity contribution in [3.63, 3.8) is 0 Å². The van der Waals surface area contributed by atoms with Gasteiger partial charge in [-0.25, -0.2) is 13.2 Å². The highest BCUT2D eigenvalue weighted by Crippen LogP contribution is 2.38. The predicted octanol–water partition coefficient (Wildman–Crippen LogP) is 3.97. The molecule has 2 amide bonds. The summed E-state index contributed by atoms with van der Waals surface area (Å²) in [7, 11) is 0. The number of amides is 2. The molecule has 0 spiro atoms. The molecule has 1 aromatic heterocycles. The van der Waals surface area contributed by atoms with Gasteiger partial charge in [0.05, 0.1) is 6.20 Å². The zero-order valence-electron chi connectivity index (χ0n) is 15.4. The lowest BCUT2D eigenvalue weighted by Gasteiger charge is -2.37. The van der Waals surface area contributed by atoms with Gasteiger partial charge in [0.1, 0.15) is 11.6 Å². The molecule has 0 saturated heterocycles. The molecule has 10 heteroatoms. The first-order chi connectivity index (χ1) is 14.3. The second-order valence-electron chi connectivity index (χ2n) is 7.17. The van der Waals surface area contributed by atoms with Gasteiger partial charge in [0.15, 0.2) is 5.82 Å². The van der Waals surface area contributed by atoms with Crippen LogP contribution in [0.4, 0.5) is 18.9 Å². The Morgan fingerprint density at radius 1 is 1.33 bits per heavy atom. The van der Waals surface area contributed by atoms with Gasteiger partial charge in [-0.3, -0.25) is 19.6 Å². The van der Waals surface area contributed by atoms with Crippen LogP contribution in [0.2, 0.25) is 5.02 Å². The fraction of sp³-hybridized carbons (Fsp3) is 0.250. The number of nitrogens with zero attached hydrogens (tertiary/aromatic N) is 2. The lowest BCUT2D eigenvalue weighted by atomic mass is 9.87. The number of alkyl halides is 2. The highest BCUT2D eigenvalue weighted by Gasteiger charge is 2.47. The number of hydrogen-bond acceptors (Lipinski definition) is 3. The maximum Gasteiger partial charge on any atom is 0.252 e. The standard InChI is InChI=1S/C20H16ClF3N4O2/c21-15-4-2-1-3-14(15)18(19(30)26-12-7-20(23,24)8-12)28(10-29)13-5-11-9-25-27-17(11)16(22)6-13/h1-6,9-10,12,18H,7-8H2,(H,25,27)(H,26,30)/t18-/m0/s1. The molecule has 6 nitrogen and oxygen atoms in total. The topological polar surface area (TPSA) is 78.1 Å². The van der Waals surface area contributed by atoms with Gasteiger partial charge >= 0.3 is 0 Å². The third-order valence-electron chi connectivity index (χ3n) is 5.06. The van der Waals surface area contributed by atoms with Crippen LogP contribution in [-0.4, -0.2) is 34.5 Å². The van der Waals surface area contributed by atoms with E-state index < -0.39 is 42.6 Å². The molecule has 1 saturated carbocycles. The number of rotatable bonds is 6. The zero-order valence-corrected chi connectivity index (χ0v) is 16.2. The van der Waals surface area contributed by atoms with Crippen molar-refractivity contribution in [3.8, 4) is 0 Å². The number of anilines is 1. The summed E-state index contributed by atoms with van der Waals surface area (Å²) in [6.07, 6.45) is 0.797. The first kappa shape index (κ1) is 20.2. The summed E-state index contributed by atoms with van der Waals surface area (Å²) in [5, 5.41) is 9.42. The van der Waals surface area contributed by atoms with Crippen molar-refractivity contribution in [1.82, 2.24) is 15.5 Å². The molecule has 30 heavy (non-hydrogen) atoms. The smallest absolute Gasteiger partial charge is 0.252 e. The molecule has 156 valence electrons. The molecule has 2 aromatic carbocycles. The first-order valence-corrected chi connectivity index (χ1v) is 9.46. The summed E-state index contributed by atoms with van der Waals surface area (Å²) in [4.78, 5) is 26.1. The van der Waals surface area contributed by atoms with E-state index in [-0.39, 0.29) is 21.8 Å². The normalized spacial score (nSPS) is 16.7. The summed E-state index contributed by atoms with van der Waals surface area (Å²) in [5.41, 5.74) is 0.526. The van der Waals surface area contributed by atoms with Crippen LogP contribution in [0.3, 0.4) is 0 Å². The SMILES string of the molecule is O=CN(c1cc(F)c2[nH]ncc2c1)[C@H](C(=O)NC1CC(F)(F)C1)c1ccccc1Cl. The summed E-state index contributed by atoms with van der Waals surface area (Å²) >= 11 is 6.26. The molecule has 1 fully saturated rings. The zero-order chi connectivity index (χ0) is 21.5. The van der Waals surface area contributed by atoms with Gasteiger partial charge in [0.2, 0.25) is 12.3 Å². The van der Waals surface area contributed by atoms with E-state index in [0.717, 1.165) is 11.0 Å². The van der Waals surface area contributed by atoms with E-state index in [2.05, 4.69) is 15.5 Å². The second-order valence-corrected chi connectivity index (χ2v) is 7.58. The van der Waals surface area contributed by atoms with Crippen LogP contribution in [-0.2, 0) is 9.59 Å². The third kappa shape index (κ3) is 3.72. The number of H-pyrrole nitrogens is 1. The Balaban J connectivity index is 1.74. The summed E-state index contributed by atoms with van der Waals surface area (Å²) in [6.45, 7) is 0. The number of hydrogen-bond donors (Lipinski definition) is 2. The van der Waals surface area contributed by atoms with Crippen molar-refractivity contribution in [1.29, 1.82) is 0 Å². The van der Waals surface area contributed by atoms with Crippen molar-refractivity contribution in [2.45, 2.75) is 30.8 Å². The first-order valence-electron chi connectivity index (χ1n) is 9.08. The Morgan fingerprint density at radius 2 is 2.07 bits per heavy atom. The highest BCUT2D eigenvalue weighted by molar-refractivity contribution is 6.31. The van der Waals surface area contributed by atoms with E-state index in [1.807, 2.05) is 0 Å². The number of benzene rings is 2. The average Bonchev–Trinajstić information content (AvgIpc) is 3.14. The van der Waals surface area contributed by atoms with E-state index in [0.29, 0.717) is 11.8 Å². The van der Waals surface area contributed by atoms with Crippen LogP contribution in [0.15, 0.2) is 42.6 Å². The Hall–Kier alpha value is -3.07. The number of carbonyl (C=O) groups is 2. The van der Waals surface area contributed by atoms with Crippen LogP contribution in [0.1, 0.15) is 24.4 Å². The molecule has 1 aliphatic carbocycles. The average molecular weight is 437 g/mol. The van der Waals surface area contributed by atoms with Crippen LogP contribution < -0.4 is 10.2 Å². The van der Waals surface area contributed by atoms with Gasteiger partial charge in [0, 0.05) is 40.5 Å². The van der Waals surface area contributed by atoms with E-state index in [1.165, 1.54) is 18.3 Å². The second kappa shape index (κ2) is 7.64. The summed E-state index contributed by atoms with van der Waals surface area (Å²) in [6, 6.07) is 6.93. The fourth-order valence-electron chi connectivity index (χ4n) is 3.58. The minimum Gasteiger partial charge on any atom is -0.351 e. The summed E-state index contributed by atoms with van der Waals surface area (Å²) in [5.74, 6) is -4.18. The Labute approximate surface area is 174 Å². The largest absolute Gasteiger partial charge is 0.351 e. The fourth-order valence-corrected chi connectivity index (χ4v) is 3.82. The number of aromatic amines is 1. The lowest BCUT2D eigenvalue weighted by Crippen LogP contribution is -2.53. The number of aromatic nitrogens is 2. The van der Waals surface area contributed by atoms with Crippen molar-refractivity contribution in [3.05, 3.63) is 59.0 Å². The van der Waals surface area contributed by atoms with Gasteiger partial charge in [-0.05, 0) is 18.2 Å². The van der Waals surface area contributed by atoms with E-state index in [9.17, 15) is 22.8 Å². The maximum atomic E-state index is 14.5. The number of carbonyl (C=O) groups excluding carboxylic acids is 2. The van der Waals surface area contributed by atoms with Gasteiger partial charge in [-0.1, -0.05) is 29.8 Å². The van der Waals surface area contributed by atoms with Crippen LogP contribution in [0.25, 0.3) is 10.9 Å². The maximum absolute atomic E-state index is 14.5. The van der Waals surface area contributed by atoms with Gasteiger partial charge in [0.25, 0.3) is 5.92 Å². The van der Waals surface area contributed by atoms with Crippen LogP contribution in [0, 0.1) is 5.82 Å². The molecular formula is C20H16ClF3N4O2. The molecule has 1 heterocycles. The molecule has 2 N–H and O–H groups in total. The molecule has 1 aliphatic rings. The molecule has 0 bridgehead atoms. The molecule has 4 rings (SSSR count). The molecular weight excluding hydrogens is 421 g/mol. The molecule has 0 radical (unpaired) electrons. The van der Waals surface area contributed by atoms with Gasteiger partial charge < -0.3 is 5.32 Å². The molecule has 0 unspecified atom stereocenters.